The van der Waals surface area contributed by atoms with Gasteiger partial charge in [-0.25, -0.2) is 0 Å². The van der Waals surface area contributed by atoms with E-state index in [1.54, 1.807) is 7.11 Å². The Morgan fingerprint density at radius 2 is 1.95 bits per heavy atom. The average Bonchev–Trinajstić information content (AvgIpc) is 2.43. The molecule has 120 valence electrons. The Kier molecular flexibility index (Phi) is 6.69. The van der Waals surface area contributed by atoms with Gasteiger partial charge in [-0.05, 0) is 58.9 Å². The van der Waals surface area contributed by atoms with Crippen molar-refractivity contribution >= 4 is 0 Å². The van der Waals surface area contributed by atoms with Gasteiger partial charge < -0.3 is 10.1 Å². The second-order valence-electron chi connectivity index (χ2n) is 6.92. The molecule has 0 saturated heterocycles. The highest BCUT2D eigenvalue weighted by Gasteiger charge is 2.13. The lowest BCUT2D eigenvalue weighted by molar-refractivity contribution is 0.240. The Morgan fingerprint density at radius 1 is 1.29 bits per heavy atom. The second-order valence-corrected chi connectivity index (χ2v) is 6.92. The van der Waals surface area contributed by atoms with Gasteiger partial charge in [0.25, 0.3) is 0 Å². The molecule has 3 nitrogen and oxygen atoms in total. The summed E-state index contributed by atoms with van der Waals surface area (Å²) in [6.45, 7) is 12.9. The summed E-state index contributed by atoms with van der Waals surface area (Å²) >= 11 is 0. The third-order valence-corrected chi connectivity index (χ3v) is 3.93. The van der Waals surface area contributed by atoms with Crippen LogP contribution in [-0.4, -0.2) is 30.6 Å². The van der Waals surface area contributed by atoms with Gasteiger partial charge in [-0.15, -0.1) is 0 Å². The minimum absolute atomic E-state index is 0.133. The van der Waals surface area contributed by atoms with Crippen molar-refractivity contribution in [3.05, 3.63) is 29.3 Å². The van der Waals surface area contributed by atoms with Crippen molar-refractivity contribution in [1.82, 2.24) is 10.2 Å². The number of nitrogens with one attached hydrogen (secondary N) is 1. The van der Waals surface area contributed by atoms with Crippen LogP contribution < -0.4 is 10.1 Å². The zero-order chi connectivity index (χ0) is 16.0. The molecule has 0 heterocycles. The first-order valence-electron chi connectivity index (χ1n) is 7.88. The van der Waals surface area contributed by atoms with Gasteiger partial charge in [0.15, 0.2) is 0 Å². The summed E-state index contributed by atoms with van der Waals surface area (Å²) < 4.78 is 5.51. The fraction of sp³-hybridized carbons (Fsp3) is 0.667. The van der Waals surface area contributed by atoms with Gasteiger partial charge in [0.2, 0.25) is 0 Å². The zero-order valence-corrected chi connectivity index (χ0v) is 14.8. The molecule has 1 atom stereocenters. The Labute approximate surface area is 130 Å². The molecular weight excluding hydrogens is 260 g/mol. The second kappa shape index (κ2) is 7.81. The van der Waals surface area contributed by atoms with E-state index in [-0.39, 0.29) is 5.54 Å². The van der Waals surface area contributed by atoms with E-state index in [0.29, 0.717) is 6.04 Å². The Morgan fingerprint density at radius 3 is 2.48 bits per heavy atom. The lowest BCUT2D eigenvalue weighted by Gasteiger charge is -2.25. The Hall–Kier alpha value is -1.06. The Balaban J connectivity index is 2.85. The number of ether oxygens (including phenoxy) is 1. The third-order valence-electron chi connectivity index (χ3n) is 3.93. The fourth-order valence-electron chi connectivity index (χ4n) is 2.17. The summed E-state index contributed by atoms with van der Waals surface area (Å²) in [5.74, 6) is 0.977. The quantitative estimate of drug-likeness (QED) is 0.827. The van der Waals surface area contributed by atoms with Crippen LogP contribution in [0.5, 0.6) is 5.75 Å². The molecular formula is C18H32N2O. The average molecular weight is 292 g/mol. The normalized spacial score (nSPS) is 13.5. The van der Waals surface area contributed by atoms with Crippen LogP contribution in [0.1, 0.15) is 52.2 Å². The largest absolute Gasteiger partial charge is 0.496 e. The predicted octanol–water partition coefficient (Wildman–Crippen LogP) is 3.81. The molecule has 0 saturated carbocycles. The summed E-state index contributed by atoms with van der Waals surface area (Å²) in [4.78, 5) is 2.37. The van der Waals surface area contributed by atoms with Crippen LogP contribution in [0.15, 0.2) is 18.2 Å². The first-order valence-corrected chi connectivity index (χ1v) is 7.88. The highest BCUT2D eigenvalue weighted by Crippen LogP contribution is 2.22. The van der Waals surface area contributed by atoms with Gasteiger partial charge in [-0.2, -0.15) is 0 Å². The van der Waals surface area contributed by atoms with E-state index in [4.69, 9.17) is 4.74 Å². The lowest BCUT2D eigenvalue weighted by Crippen LogP contribution is -2.35. The maximum absolute atomic E-state index is 5.51. The molecule has 1 N–H and O–H groups in total. The van der Waals surface area contributed by atoms with Crippen molar-refractivity contribution in [2.75, 3.05) is 14.2 Å². The number of rotatable bonds is 7. The molecule has 0 aliphatic rings. The Bertz CT molecular complexity index is 437. The predicted molar refractivity (Wildman–Crippen MR) is 90.8 cm³/mol. The summed E-state index contributed by atoms with van der Waals surface area (Å²) in [5.41, 5.74) is 2.69. The smallest absolute Gasteiger partial charge is 0.123 e. The van der Waals surface area contributed by atoms with Gasteiger partial charge in [0, 0.05) is 30.2 Å². The number of nitrogens with zero attached hydrogens (tertiary/aromatic N) is 1. The molecule has 1 rings (SSSR count). The molecule has 0 radical (unpaired) electrons. The van der Waals surface area contributed by atoms with Crippen LogP contribution in [0.3, 0.4) is 0 Å². The minimum atomic E-state index is 0.133. The molecule has 0 spiro atoms. The van der Waals surface area contributed by atoms with E-state index in [1.165, 1.54) is 11.1 Å². The van der Waals surface area contributed by atoms with Gasteiger partial charge in [0.05, 0.1) is 7.11 Å². The molecule has 1 unspecified atom stereocenters. The van der Waals surface area contributed by atoms with Gasteiger partial charge >= 0.3 is 0 Å². The summed E-state index contributed by atoms with van der Waals surface area (Å²) in [7, 11) is 3.92. The van der Waals surface area contributed by atoms with Crippen molar-refractivity contribution in [2.24, 2.45) is 0 Å². The summed E-state index contributed by atoms with van der Waals surface area (Å²) in [6.07, 6.45) is 1.16. The van der Waals surface area contributed by atoms with Crippen LogP contribution in [0, 0.1) is 0 Å². The van der Waals surface area contributed by atoms with Crippen LogP contribution in [-0.2, 0) is 13.1 Å². The van der Waals surface area contributed by atoms with E-state index < -0.39 is 0 Å². The first kappa shape index (κ1) is 18.0. The molecule has 0 aliphatic heterocycles. The zero-order valence-electron chi connectivity index (χ0n) is 14.8. The molecule has 0 aliphatic carbocycles. The van der Waals surface area contributed by atoms with E-state index in [0.717, 1.165) is 25.3 Å². The van der Waals surface area contributed by atoms with Crippen LogP contribution in [0.2, 0.25) is 0 Å². The monoisotopic (exact) mass is 292 g/mol. The van der Waals surface area contributed by atoms with E-state index >= 15 is 0 Å². The van der Waals surface area contributed by atoms with E-state index in [2.05, 4.69) is 70.1 Å². The topological polar surface area (TPSA) is 24.5 Å². The standard InChI is InChI=1S/C18H32N2O/c1-8-14(2)20(6)13-16-11-15(9-10-17(16)21-7)12-19-18(3,4)5/h9-11,14,19H,8,12-13H2,1-7H3. The van der Waals surface area contributed by atoms with Crippen LogP contribution >= 0.6 is 0 Å². The summed E-state index contributed by atoms with van der Waals surface area (Å²) in [5, 5.41) is 3.54. The number of hydrogen-bond donors (Lipinski definition) is 1. The third kappa shape index (κ3) is 6.06. The van der Waals surface area contributed by atoms with Crippen molar-refractivity contribution in [3.63, 3.8) is 0 Å². The molecule has 1 aromatic carbocycles. The number of benzene rings is 1. The minimum Gasteiger partial charge on any atom is -0.496 e. The molecule has 0 bridgehead atoms. The maximum atomic E-state index is 5.51. The molecule has 0 aromatic heterocycles. The molecule has 3 heteroatoms. The van der Waals surface area contributed by atoms with Crippen molar-refractivity contribution in [1.29, 1.82) is 0 Å². The van der Waals surface area contributed by atoms with Crippen LogP contribution in [0.25, 0.3) is 0 Å². The molecule has 0 fully saturated rings. The van der Waals surface area contributed by atoms with Crippen molar-refractivity contribution in [2.45, 2.75) is 65.7 Å². The lowest BCUT2D eigenvalue weighted by atomic mass is 10.1. The maximum Gasteiger partial charge on any atom is 0.123 e. The highest BCUT2D eigenvalue weighted by molar-refractivity contribution is 5.37. The van der Waals surface area contributed by atoms with E-state index in [1.807, 2.05) is 0 Å². The van der Waals surface area contributed by atoms with Crippen molar-refractivity contribution < 1.29 is 4.74 Å². The molecule has 0 amide bonds. The van der Waals surface area contributed by atoms with Gasteiger partial charge in [-0.1, -0.05) is 13.0 Å². The van der Waals surface area contributed by atoms with Gasteiger partial charge in [-0.3, -0.25) is 4.90 Å². The first-order chi connectivity index (χ1) is 9.76. The fourth-order valence-corrected chi connectivity index (χ4v) is 2.17. The number of hydrogen-bond acceptors (Lipinski definition) is 3. The van der Waals surface area contributed by atoms with E-state index in [9.17, 15) is 0 Å². The molecule has 21 heavy (non-hydrogen) atoms. The SMILES string of the molecule is CCC(C)N(C)Cc1cc(CNC(C)(C)C)ccc1OC. The van der Waals surface area contributed by atoms with Crippen LogP contribution in [0.4, 0.5) is 0 Å². The molecule has 1 aromatic rings. The number of methoxy groups -OCH3 is 1. The highest BCUT2D eigenvalue weighted by atomic mass is 16.5. The summed E-state index contributed by atoms with van der Waals surface area (Å²) in [6, 6.07) is 7.06. The van der Waals surface area contributed by atoms with Crippen molar-refractivity contribution in [3.8, 4) is 5.75 Å². The van der Waals surface area contributed by atoms with Gasteiger partial charge in [0.1, 0.15) is 5.75 Å².